The van der Waals surface area contributed by atoms with Crippen molar-refractivity contribution in [3.63, 3.8) is 0 Å². The predicted molar refractivity (Wildman–Crippen MR) is 115 cm³/mol. The van der Waals surface area contributed by atoms with Gasteiger partial charge in [-0.15, -0.1) is 13.2 Å². The van der Waals surface area contributed by atoms with Crippen LogP contribution in [0.2, 0.25) is 4.37 Å². The van der Waals surface area contributed by atoms with Gasteiger partial charge in [0.25, 0.3) is 0 Å². The van der Waals surface area contributed by atoms with Crippen LogP contribution in [0.25, 0.3) is 0 Å². The molecule has 3 N–H and O–H groups in total. The Morgan fingerprint density at radius 2 is 2.18 bits per heavy atom. The monoisotopic (exact) mass is 612 g/mol. The second kappa shape index (κ2) is 10.8. The number of nitrogens with zero attached hydrogens (tertiary/aromatic N) is 3. The molecule has 34 heavy (non-hydrogen) atoms. The summed E-state index contributed by atoms with van der Waals surface area (Å²) in [6.07, 6.45) is -3.15. The fraction of sp³-hybridized carbons (Fsp3) is 0.556. The van der Waals surface area contributed by atoms with Gasteiger partial charge in [-0.1, -0.05) is 0 Å². The topological polar surface area (TPSA) is 132 Å². The van der Waals surface area contributed by atoms with Crippen LogP contribution in [-0.2, 0) is 27.3 Å². The van der Waals surface area contributed by atoms with Gasteiger partial charge in [-0.05, 0) is 0 Å². The number of aromatic nitrogens is 4. The Labute approximate surface area is 202 Å². The Hall–Kier alpha value is -1.96. The number of H-pyrrole nitrogens is 1. The number of ether oxygens (including phenoxy) is 2. The van der Waals surface area contributed by atoms with Crippen molar-refractivity contribution in [3.05, 3.63) is 29.2 Å². The average Bonchev–Trinajstić information content (AvgIpc) is 3.12. The molecule has 3 heterocycles. The van der Waals surface area contributed by atoms with E-state index in [1.54, 1.807) is 6.07 Å². The van der Waals surface area contributed by atoms with E-state index in [0.29, 0.717) is 22.7 Å². The van der Waals surface area contributed by atoms with Crippen molar-refractivity contribution in [2.45, 2.75) is 36.3 Å². The van der Waals surface area contributed by atoms with Crippen LogP contribution < -0.4 is 10.6 Å². The van der Waals surface area contributed by atoms with Crippen molar-refractivity contribution in [1.29, 1.82) is 0 Å². The Kier molecular flexibility index (Phi) is 7.95. The molecule has 1 aliphatic heterocycles. The number of amides is 2. The Bertz CT molecular complexity index is 1030. The van der Waals surface area contributed by atoms with Crippen molar-refractivity contribution >= 4 is 45.8 Å². The van der Waals surface area contributed by atoms with Crippen molar-refractivity contribution in [3.8, 4) is 0 Å². The van der Waals surface area contributed by atoms with Gasteiger partial charge in [0.1, 0.15) is 0 Å². The molecule has 0 unspecified atom stereocenters. The van der Waals surface area contributed by atoms with E-state index in [0.717, 1.165) is 21.9 Å². The van der Waals surface area contributed by atoms with Crippen molar-refractivity contribution in [2.75, 3.05) is 16.4 Å². The number of carbonyl (C=O) groups excluding carboxylic acids is 2. The summed E-state index contributed by atoms with van der Waals surface area (Å²) in [6, 6.07) is 2.84. The van der Waals surface area contributed by atoms with E-state index >= 15 is 0 Å². The van der Waals surface area contributed by atoms with Gasteiger partial charge in [0.15, 0.2) is 0 Å². The Morgan fingerprint density at radius 3 is 2.91 bits per heavy atom. The standard InChI is InChI=1S/C13H14F3N5O3.C5H9NO2S.Sb/c1-7(23-3)9-5-11(19-18-9)17-12(22)10-4-8(20-21(10)2)6-24-13(14,15)16;7-5(8-9)6-3-4-1-2-4;/h4-5,7H,1,3,6H2,2H3,(H2,17,18,19,22);4,9H,1-3H2,(H,6,7);/q;;+1/p-1/t7-;;/m0../s1. The number of aryl methyl sites for hydroxylation is 1. The molecule has 2 aromatic rings. The third-order valence-corrected chi connectivity index (χ3v) is 12.9. The van der Waals surface area contributed by atoms with Crippen LogP contribution >= 0.6 is 9.13 Å². The molecule has 0 aromatic carbocycles. The fourth-order valence-electron chi connectivity index (χ4n) is 3.08. The SMILES string of the molecule is Cn1nc(COC(F)(F)F)cc1C(=O)Nc1cc([C@@H]2[CH2][Sb]([S]OC(=O)NCC3CC3)[CH2]O2)[nH]n1. The maximum absolute atomic E-state index is 12.5. The molecule has 11 nitrogen and oxygen atoms in total. The zero-order chi connectivity index (χ0) is 24.3. The van der Waals surface area contributed by atoms with Crippen LogP contribution in [0.5, 0.6) is 0 Å². The summed E-state index contributed by atoms with van der Waals surface area (Å²) in [4.78, 5) is 24.2. The zero-order valence-corrected chi connectivity index (χ0v) is 21.3. The second-order valence-corrected chi connectivity index (χ2v) is 17.3. The van der Waals surface area contributed by atoms with E-state index in [1.807, 2.05) is 0 Å². The molecule has 4 rings (SSSR count). The second-order valence-electron chi connectivity index (χ2n) is 7.76. The summed E-state index contributed by atoms with van der Waals surface area (Å²) >= 11 is -1.99. The van der Waals surface area contributed by atoms with Crippen LogP contribution in [0.4, 0.5) is 23.8 Å². The summed E-state index contributed by atoms with van der Waals surface area (Å²) in [5.41, 5.74) is 0.682. The first kappa shape index (κ1) is 25.1. The zero-order valence-electron chi connectivity index (χ0n) is 17.9. The number of rotatable bonds is 9. The van der Waals surface area contributed by atoms with Gasteiger partial charge < -0.3 is 0 Å². The summed E-state index contributed by atoms with van der Waals surface area (Å²) < 4.78 is 53.9. The van der Waals surface area contributed by atoms with E-state index in [1.165, 1.54) is 22.2 Å². The number of hydrogen-bond acceptors (Lipinski definition) is 8. The molecule has 0 bridgehead atoms. The Morgan fingerprint density at radius 1 is 1.38 bits per heavy atom. The third kappa shape index (κ3) is 7.27. The number of hydrogen-bond donors (Lipinski definition) is 3. The van der Waals surface area contributed by atoms with Crippen LogP contribution in [-0.4, -0.2) is 68.2 Å². The number of halogens is 3. The Balaban J connectivity index is 1.24. The van der Waals surface area contributed by atoms with E-state index in [2.05, 4.69) is 30.7 Å². The molecular weight excluding hydrogens is 591 g/mol. The van der Waals surface area contributed by atoms with Gasteiger partial charge in [-0.2, -0.15) is 0 Å². The fourth-order valence-corrected chi connectivity index (χ4v) is 10.3. The molecule has 2 amide bonds. The molecule has 1 aliphatic carbocycles. The minimum atomic E-state index is -4.79. The molecule has 2 aromatic heterocycles. The third-order valence-electron chi connectivity index (χ3n) is 4.97. The number of aromatic amines is 1. The number of carbonyl (C=O) groups is 2. The number of alkyl halides is 3. The molecule has 1 atom stereocenters. The first-order chi connectivity index (χ1) is 16.2. The van der Waals surface area contributed by atoms with Gasteiger partial charge >= 0.3 is 189 Å². The van der Waals surface area contributed by atoms with Gasteiger partial charge in [0.05, 0.1) is 0 Å². The molecule has 16 heteroatoms. The van der Waals surface area contributed by atoms with Crippen LogP contribution in [0.15, 0.2) is 12.1 Å². The van der Waals surface area contributed by atoms with E-state index in [4.69, 9.17) is 8.92 Å². The van der Waals surface area contributed by atoms with E-state index < -0.39 is 43.8 Å². The van der Waals surface area contributed by atoms with Crippen molar-refractivity contribution in [2.24, 2.45) is 13.0 Å². The summed E-state index contributed by atoms with van der Waals surface area (Å²) in [7, 11) is 2.68. The molecule has 2 fully saturated rings. The quantitative estimate of drug-likeness (QED) is 0.291. The molecular formula is C18H22F3N6O5SSb. The predicted octanol–water partition coefficient (Wildman–Crippen LogP) is 2.82. The molecule has 0 spiro atoms. The van der Waals surface area contributed by atoms with Crippen LogP contribution in [0, 0.1) is 5.92 Å². The van der Waals surface area contributed by atoms with Crippen LogP contribution in [0.1, 0.15) is 40.8 Å². The summed E-state index contributed by atoms with van der Waals surface area (Å²) in [6.45, 7) is -0.147. The van der Waals surface area contributed by atoms with Crippen LogP contribution in [0.3, 0.4) is 0 Å². The summed E-state index contributed by atoms with van der Waals surface area (Å²) in [5, 5.41) is 16.1. The number of anilines is 1. The normalized spacial score (nSPS) is 18.8. The van der Waals surface area contributed by atoms with Crippen molar-refractivity contribution < 1.29 is 36.4 Å². The first-order valence-electron chi connectivity index (χ1n) is 10.3. The minimum absolute atomic E-state index is 0.0365. The van der Waals surface area contributed by atoms with Gasteiger partial charge in [0.2, 0.25) is 0 Å². The molecule has 0 radical (unpaired) electrons. The van der Waals surface area contributed by atoms with Gasteiger partial charge in [-0.3, -0.25) is 0 Å². The van der Waals surface area contributed by atoms with E-state index in [-0.39, 0.29) is 23.3 Å². The molecule has 1 saturated carbocycles. The molecule has 1 saturated heterocycles. The van der Waals surface area contributed by atoms with Crippen molar-refractivity contribution in [1.82, 2.24) is 25.3 Å². The van der Waals surface area contributed by atoms with E-state index in [9.17, 15) is 22.8 Å². The maximum atomic E-state index is 12.5. The molecule has 186 valence electrons. The number of nitrogens with one attached hydrogen (secondary N) is 3. The van der Waals surface area contributed by atoms with Gasteiger partial charge in [-0.25, -0.2) is 0 Å². The first-order valence-corrected chi connectivity index (χ1v) is 17.7. The average molecular weight is 613 g/mol. The molecule has 2 aliphatic rings. The van der Waals surface area contributed by atoms with Gasteiger partial charge in [0, 0.05) is 0 Å². The summed E-state index contributed by atoms with van der Waals surface area (Å²) in [5.74, 6) is 0.225.